The molecule has 16 heavy (non-hydrogen) atoms. The highest BCUT2D eigenvalue weighted by Crippen LogP contribution is 2.29. The molecule has 0 fully saturated rings. The van der Waals surface area contributed by atoms with Gasteiger partial charge in [-0.3, -0.25) is 0 Å². The standard InChI is InChI=1S/C12H21N3O/c1-6-12(2,3)15(4)11-9(13)7-8-10(14-11)16-5/h7-8H,6,13H2,1-5H3. The highest BCUT2D eigenvalue weighted by atomic mass is 16.5. The molecule has 4 heteroatoms. The van der Waals surface area contributed by atoms with Gasteiger partial charge in [0.05, 0.1) is 12.8 Å². The second kappa shape index (κ2) is 4.60. The maximum absolute atomic E-state index is 5.94. The van der Waals surface area contributed by atoms with Gasteiger partial charge in [0.1, 0.15) is 0 Å². The second-order valence-electron chi connectivity index (χ2n) is 4.49. The monoisotopic (exact) mass is 223 g/mol. The molecule has 1 aromatic rings. The average Bonchev–Trinajstić information content (AvgIpc) is 2.29. The van der Waals surface area contributed by atoms with Gasteiger partial charge >= 0.3 is 0 Å². The maximum Gasteiger partial charge on any atom is 0.215 e. The molecule has 0 aromatic carbocycles. The van der Waals surface area contributed by atoms with Gasteiger partial charge in [0.15, 0.2) is 5.82 Å². The molecule has 0 atom stereocenters. The molecule has 0 spiro atoms. The van der Waals surface area contributed by atoms with Gasteiger partial charge in [0.2, 0.25) is 5.88 Å². The summed E-state index contributed by atoms with van der Waals surface area (Å²) in [4.78, 5) is 6.47. The average molecular weight is 223 g/mol. The van der Waals surface area contributed by atoms with Crippen molar-refractivity contribution in [3.63, 3.8) is 0 Å². The summed E-state index contributed by atoms with van der Waals surface area (Å²) in [6, 6.07) is 3.59. The minimum Gasteiger partial charge on any atom is -0.481 e. The van der Waals surface area contributed by atoms with Crippen LogP contribution in [-0.4, -0.2) is 24.7 Å². The lowest BCUT2D eigenvalue weighted by Crippen LogP contribution is -2.41. The Kier molecular flexibility index (Phi) is 3.62. The van der Waals surface area contributed by atoms with Crippen molar-refractivity contribution < 1.29 is 4.74 Å². The Labute approximate surface area is 97.4 Å². The third kappa shape index (κ3) is 2.38. The molecule has 90 valence electrons. The summed E-state index contributed by atoms with van der Waals surface area (Å²) in [6.07, 6.45) is 1.02. The highest BCUT2D eigenvalue weighted by Gasteiger charge is 2.24. The summed E-state index contributed by atoms with van der Waals surface area (Å²) < 4.78 is 5.11. The van der Waals surface area contributed by atoms with Crippen molar-refractivity contribution in [2.24, 2.45) is 0 Å². The van der Waals surface area contributed by atoms with Crippen LogP contribution in [0.15, 0.2) is 12.1 Å². The molecule has 0 saturated heterocycles. The number of nitrogens with two attached hydrogens (primary N) is 1. The van der Waals surface area contributed by atoms with E-state index in [1.165, 1.54) is 0 Å². The van der Waals surface area contributed by atoms with E-state index in [9.17, 15) is 0 Å². The number of hydrogen-bond donors (Lipinski definition) is 1. The second-order valence-corrected chi connectivity index (χ2v) is 4.49. The fourth-order valence-corrected chi connectivity index (χ4v) is 1.35. The van der Waals surface area contributed by atoms with Crippen molar-refractivity contribution in [2.75, 3.05) is 24.8 Å². The SMILES string of the molecule is CCC(C)(C)N(C)c1nc(OC)ccc1N. The predicted octanol–water partition coefficient (Wildman–Crippen LogP) is 2.30. The molecular weight excluding hydrogens is 202 g/mol. The molecule has 0 saturated carbocycles. The minimum absolute atomic E-state index is 0.0213. The van der Waals surface area contributed by atoms with Crippen LogP contribution >= 0.6 is 0 Å². The zero-order chi connectivity index (χ0) is 12.3. The summed E-state index contributed by atoms with van der Waals surface area (Å²) in [6.45, 7) is 6.47. The first-order valence-corrected chi connectivity index (χ1v) is 5.46. The number of rotatable bonds is 4. The van der Waals surface area contributed by atoms with Crippen molar-refractivity contribution in [1.82, 2.24) is 4.98 Å². The van der Waals surface area contributed by atoms with E-state index in [0.29, 0.717) is 11.6 Å². The van der Waals surface area contributed by atoms with Gasteiger partial charge in [-0.25, -0.2) is 0 Å². The normalized spacial score (nSPS) is 11.3. The molecule has 0 aliphatic carbocycles. The Morgan fingerprint density at radius 3 is 2.56 bits per heavy atom. The summed E-state index contributed by atoms with van der Waals surface area (Å²) >= 11 is 0. The Hall–Kier alpha value is -1.45. The largest absolute Gasteiger partial charge is 0.481 e. The van der Waals surface area contributed by atoms with E-state index < -0.39 is 0 Å². The molecule has 0 unspecified atom stereocenters. The van der Waals surface area contributed by atoms with Crippen LogP contribution in [0.4, 0.5) is 11.5 Å². The number of ether oxygens (including phenoxy) is 1. The molecule has 0 amide bonds. The van der Waals surface area contributed by atoms with E-state index in [-0.39, 0.29) is 5.54 Å². The Balaban J connectivity index is 3.11. The quantitative estimate of drug-likeness (QED) is 0.851. The van der Waals surface area contributed by atoms with E-state index in [0.717, 1.165) is 12.2 Å². The Bertz CT molecular complexity index is 363. The minimum atomic E-state index is 0.0213. The summed E-state index contributed by atoms with van der Waals surface area (Å²) in [7, 11) is 3.61. The van der Waals surface area contributed by atoms with Crippen molar-refractivity contribution in [1.29, 1.82) is 0 Å². The predicted molar refractivity (Wildman–Crippen MR) is 68.0 cm³/mol. The molecule has 0 radical (unpaired) electrons. The van der Waals surface area contributed by atoms with Crippen LogP contribution in [0.2, 0.25) is 0 Å². The van der Waals surface area contributed by atoms with Gasteiger partial charge in [0.25, 0.3) is 0 Å². The smallest absolute Gasteiger partial charge is 0.215 e. The summed E-state index contributed by atoms with van der Waals surface area (Å²) in [5.74, 6) is 1.36. The fraction of sp³-hybridized carbons (Fsp3) is 0.583. The van der Waals surface area contributed by atoms with Crippen LogP contribution in [0.3, 0.4) is 0 Å². The zero-order valence-corrected chi connectivity index (χ0v) is 10.7. The molecule has 1 aromatic heterocycles. The molecule has 1 heterocycles. The highest BCUT2D eigenvalue weighted by molar-refractivity contribution is 5.64. The van der Waals surface area contributed by atoms with Crippen molar-refractivity contribution >= 4 is 11.5 Å². The number of pyridine rings is 1. The lowest BCUT2D eigenvalue weighted by molar-refractivity contribution is 0.395. The van der Waals surface area contributed by atoms with Gasteiger partial charge in [-0.15, -0.1) is 0 Å². The van der Waals surface area contributed by atoms with E-state index in [1.807, 2.05) is 13.1 Å². The fourth-order valence-electron chi connectivity index (χ4n) is 1.35. The molecule has 0 bridgehead atoms. The van der Waals surface area contributed by atoms with Crippen LogP contribution in [-0.2, 0) is 0 Å². The number of hydrogen-bond acceptors (Lipinski definition) is 4. The van der Waals surface area contributed by atoms with Crippen molar-refractivity contribution in [3.8, 4) is 5.88 Å². The first kappa shape index (κ1) is 12.6. The molecular formula is C12H21N3O. The molecule has 4 nitrogen and oxygen atoms in total. The van der Waals surface area contributed by atoms with Crippen molar-refractivity contribution in [2.45, 2.75) is 32.7 Å². The van der Waals surface area contributed by atoms with Crippen LogP contribution in [0, 0.1) is 0 Å². The van der Waals surface area contributed by atoms with Crippen LogP contribution in [0.1, 0.15) is 27.2 Å². The van der Waals surface area contributed by atoms with Crippen molar-refractivity contribution in [3.05, 3.63) is 12.1 Å². The van der Waals surface area contributed by atoms with E-state index >= 15 is 0 Å². The zero-order valence-electron chi connectivity index (χ0n) is 10.7. The van der Waals surface area contributed by atoms with E-state index in [2.05, 4.69) is 30.7 Å². The lowest BCUT2D eigenvalue weighted by Gasteiger charge is -2.36. The third-order valence-electron chi connectivity index (χ3n) is 3.18. The number of nitrogen functional groups attached to an aromatic ring is 1. The molecule has 2 N–H and O–H groups in total. The Morgan fingerprint density at radius 1 is 1.44 bits per heavy atom. The van der Waals surface area contributed by atoms with Gasteiger partial charge in [-0.1, -0.05) is 6.92 Å². The van der Waals surface area contributed by atoms with Gasteiger partial charge in [0, 0.05) is 18.7 Å². The molecule has 0 aliphatic heterocycles. The summed E-state index contributed by atoms with van der Waals surface area (Å²) in [5.41, 5.74) is 6.63. The summed E-state index contributed by atoms with van der Waals surface area (Å²) in [5, 5.41) is 0. The molecule has 0 aliphatic rings. The first-order valence-electron chi connectivity index (χ1n) is 5.46. The number of methoxy groups -OCH3 is 1. The van der Waals surface area contributed by atoms with E-state index in [4.69, 9.17) is 10.5 Å². The van der Waals surface area contributed by atoms with Gasteiger partial charge < -0.3 is 15.4 Å². The topological polar surface area (TPSA) is 51.4 Å². The van der Waals surface area contributed by atoms with Crippen LogP contribution < -0.4 is 15.4 Å². The van der Waals surface area contributed by atoms with E-state index in [1.54, 1.807) is 13.2 Å². The Morgan fingerprint density at radius 2 is 2.06 bits per heavy atom. The molecule has 1 rings (SSSR count). The number of nitrogens with zero attached hydrogens (tertiary/aromatic N) is 2. The number of anilines is 2. The first-order chi connectivity index (χ1) is 7.42. The third-order valence-corrected chi connectivity index (χ3v) is 3.18. The van der Waals surface area contributed by atoms with Crippen LogP contribution in [0.25, 0.3) is 0 Å². The van der Waals surface area contributed by atoms with Gasteiger partial charge in [-0.05, 0) is 26.3 Å². The number of aromatic nitrogens is 1. The van der Waals surface area contributed by atoms with Crippen LogP contribution in [0.5, 0.6) is 5.88 Å². The lowest BCUT2D eigenvalue weighted by atomic mass is 10.00. The maximum atomic E-state index is 5.94. The van der Waals surface area contributed by atoms with Gasteiger partial charge in [-0.2, -0.15) is 4.98 Å².